The summed E-state index contributed by atoms with van der Waals surface area (Å²) in [6.07, 6.45) is 0.960. The van der Waals surface area contributed by atoms with Gasteiger partial charge in [-0.25, -0.2) is 4.98 Å². The van der Waals surface area contributed by atoms with Crippen LogP contribution in [0.2, 0.25) is 0 Å². The molecule has 2 rings (SSSR count). The molecule has 3 N–H and O–H groups in total. The number of likely N-dealkylation sites (N-methyl/N-ethyl adjacent to an activating group) is 1. The normalized spacial score (nSPS) is 20.1. The zero-order valence-corrected chi connectivity index (χ0v) is 10.6. The molecule has 6 heteroatoms. The Kier molecular flexibility index (Phi) is 3.66. The lowest BCUT2D eigenvalue weighted by molar-refractivity contribution is 0.193. The average Bonchev–Trinajstić information content (AvgIpc) is 2.90. The van der Waals surface area contributed by atoms with E-state index in [1.165, 1.54) is 0 Å². The maximum Gasteiger partial charge on any atom is 0.173 e. The van der Waals surface area contributed by atoms with Crippen LogP contribution in [0.15, 0.2) is 17.3 Å². The molecule has 6 nitrogen and oxygen atoms in total. The lowest BCUT2D eigenvalue weighted by atomic mass is 10.1. The second-order valence-electron chi connectivity index (χ2n) is 4.44. The smallest absolute Gasteiger partial charge is 0.173 e. The van der Waals surface area contributed by atoms with Crippen molar-refractivity contribution in [2.75, 3.05) is 25.2 Å². The fourth-order valence-corrected chi connectivity index (χ4v) is 2.07. The number of oxime groups is 1. The summed E-state index contributed by atoms with van der Waals surface area (Å²) < 4.78 is 5.38. The van der Waals surface area contributed by atoms with Crippen molar-refractivity contribution in [2.45, 2.75) is 19.4 Å². The van der Waals surface area contributed by atoms with E-state index in [1.807, 2.05) is 31.0 Å². The summed E-state index contributed by atoms with van der Waals surface area (Å²) in [7, 11) is 1.95. The molecule has 98 valence electrons. The van der Waals surface area contributed by atoms with Crippen LogP contribution in [0.1, 0.15) is 17.7 Å². The first-order valence-electron chi connectivity index (χ1n) is 5.89. The van der Waals surface area contributed by atoms with Crippen LogP contribution in [0, 0.1) is 6.92 Å². The number of pyridine rings is 1. The summed E-state index contributed by atoms with van der Waals surface area (Å²) in [4.78, 5) is 6.52. The highest BCUT2D eigenvalue weighted by Gasteiger charge is 2.24. The number of anilines is 1. The van der Waals surface area contributed by atoms with Crippen molar-refractivity contribution in [1.82, 2.24) is 4.98 Å². The first-order valence-corrected chi connectivity index (χ1v) is 5.89. The Morgan fingerprint density at radius 1 is 1.61 bits per heavy atom. The number of amidine groups is 1. The van der Waals surface area contributed by atoms with Gasteiger partial charge in [0, 0.05) is 19.3 Å². The second-order valence-corrected chi connectivity index (χ2v) is 4.44. The Labute approximate surface area is 106 Å². The molecule has 0 spiro atoms. The summed E-state index contributed by atoms with van der Waals surface area (Å²) in [6, 6.07) is 3.94. The van der Waals surface area contributed by atoms with E-state index in [0.29, 0.717) is 12.2 Å². The van der Waals surface area contributed by atoms with E-state index in [1.54, 1.807) is 0 Å². The van der Waals surface area contributed by atoms with Crippen molar-refractivity contribution in [3.8, 4) is 0 Å². The quantitative estimate of drug-likeness (QED) is 0.357. The van der Waals surface area contributed by atoms with E-state index < -0.39 is 0 Å². The van der Waals surface area contributed by atoms with E-state index in [0.717, 1.165) is 24.5 Å². The molecule has 0 saturated carbocycles. The molecule has 0 aromatic carbocycles. The minimum absolute atomic E-state index is 0.0725. The molecular formula is C12H18N4O2. The van der Waals surface area contributed by atoms with Crippen molar-refractivity contribution in [3.05, 3.63) is 23.4 Å². The molecule has 2 heterocycles. The highest BCUT2D eigenvalue weighted by atomic mass is 16.5. The van der Waals surface area contributed by atoms with E-state index in [4.69, 9.17) is 15.7 Å². The fraction of sp³-hybridized carbons (Fsp3) is 0.500. The monoisotopic (exact) mass is 250 g/mol. The van der Waals surface area contributed by atoms with E-state index in [-0.39, 0.29) is 11.9 Å². The Morgan fingerprint density at radius 3 is 3.00 bits per heavy atom. The molecule has 1 saturated heterocycles. The third-order valence-electron chi connectivity index (χ3n) is 3.19. The summed E-state index contributed by atoms with van der Waals surface area (Å²) in [5.41, 5.74) is 7.21. The lowest BCUT2D eigenvalue weighted by Crippen LogP contribution is -2.34. The second kappa shape index (κ2) is 5.22. The van der Waals surface area contributed by atoms with Crippen molar-refractivity contribution in [2.24, 2.45) is 10.9 Å². The molecule has 1 aliphatic heterocycles. The van der Waals surface area contributed by atoms with Gasteiger partial charge in [-0.3, -0.25) is 0 Å². The zero-order valence-electron chi connectivity index (χ0n) is 10.6. The minimum Gasteiger partial charge on any atom is -0.409 e. The molecule has 1 aromatic heterocycles. The van der Waals surface area contributed by atoms with E-state index in [9.17, 15) is 0 Å². The SMILES string of the molecule is Cc1ccc(/C(N)=N/O)c(N(C)C2CCOC2)n1. The molecule has 0 aliphatic carbocycles. The van der Waals surface area contributed by atoms with Crippen molar-refractivity contribution in [3.63, 3.8) is 0 Å². The Bertz CT molecular complexity index is 455. The first kappa shape index (κ1) is 12.6. The number of hydrogen-bond acceptors (Lipinski definition) is 5. The largest absolute Gasteiger partial charge is 0.409 e. The van der Waals surface area contributed by atoms with Crippen LogP contribution in [0.4, 0.5) is 5.82 Å². The maximum atomic E-state index is 8.82. The van der Waals surface area contributed by atoms with Gasteiger partial charge in [-0.15, -0.1) is 0 Å². The molecular weight excluding hydrogens is 232 g/mol. The van der Waals surface area contributed by atoms with Gasteiger partial charge >= 0.3 is 0 Å². The van der Waals surface area contributed by atoms with Crippen molar-refractivity contribution >= 4 is 11.7 Å². The summed E-state index contributed by atoms with van der Waals surface area (Å²) in [6.45, 7) is 3.36. The minimum atomic E-state index is 0.0725. The van der Waals surface area contributed by atoms with Crippen LogP contribution in [0.25, 0.3) is 0 Å². The van der Waals surface area contributed by atoms with Gasteiger partial charge in [0.15, 0.2) is 5.84 Å². The fourth-order valence-electron chi connectivity index (χ4n) is 2.07. The van der Waals surface area contributed by atoms with Crippen LogP contribution in [0.3, 0.4) is 0 Å². The standard InChI is InChI=1S/C12H18N4O2/c1-8-3-4-10(11(13)15-17)12(14-8)16(2)9-5-6-18-7-9/h3-4,9,17H,5-7H2,1-2H3,(H2,13,15). The maximum absolute atomic E-state index is 8.82. The van der Waals surface area contributed by atoms with Gasteiger partial charge in [-0.1, -0.05) is 5.16 Å². The topological polar surface area (TPSA) is 84.0 Å². The van der Waals surface area contributed by atoms with Crippen LogP contribution in [0.5, 0.6) is 0 Å². The van der Waals surface area contributed by atoms with Gasteiger partial charge in [-0.05, 0) is 25.5 Å². The van der Waals surface area contributed by atoms with Crippen LogP contribution in [-0.2, 0) is 4.74 Å². The summed E-state index contributed by atoms with van der Waals surface area (Å²) in [5.74, 6) is 0.795. The summed E-state index contributed by atoms with van der Waals surface area (Å²) in [5, 5.41) is 11.9. The van der Waals surface area contributed by atoms with Crippen LogP contribution in [-0.4, -0.2) is 42.3 Å². The molecule has 0 amide bonds. The predicted octanol–water partition coefficient (Wildman–Crippen LogP) is 0.710. The number of aromatic nitrogens is 1. The van der Waals surface area contributed by atoms with E-state index >= 15 is 0 Å². The number of hydrogen-bond donors (Lipinski definition) is 2. The van der Waals surface area contributed by atoms with Crippen molar-refractivity contribution in [1.29, 1.82) is 0 Å². The lowest BCUT2D eigenvalue weighted by Gasteiger charge is -2.26. The van der Waals surface area contributed by atoms with Gasteiger partial charge in [0.05, 0.1) is 18.2 Å². The number of aryl methyl sites for hydroxylation is 1. The Hall–Kier alpha value is -1.82. The molecule has 0 bridgehead atoms. The third kappa shape index (κ3) is 2.38. The molecule has 1 aromatic rings. The molecule has 1 unspecified atom stereocenters. The van der Waals surface area contributed by atoms with Crippen LogP contribution >= 0.6 is 0 Å². The average molecular weight is 250 g/mol. The van der Waals surface area contributed by atoms with Gasteiger partial charge in [0.2, 0.25) is 0 Å². The number of ether oxygens (including phenoxy) is 1. The zero-order chi connectivity index (χ0) is 13.1. The number of nitrogens with two attached hydrogens (primary N) is 1. The van der Waals surface area contributed by atoms with Crippen molar-refractivity contribution < 1.29 is 9.94 Å². The summed E-state index contributed by atoms with van der Waals surface area (Å²) >= 11 is 0. The highest BCUT2D eigenvalue weighted by Crippen LogP contribution is 2.22. The van der Waals surface area contributed by atoms with Gasteiger partial charge in [0.1, 0.15) is 5.82 Å². The Balaban J connectivity index is 2.37. The van der Waals surface area contributed by atoms with Crippen LogP contribution < -0.4 is 10.6 Å². The molecule has 1 atom stereocenters. The van der Waals surface area contributed by atoms with E-state index in [2.05, 4.69) is 10.1 Å². The van der Waals surface area contributed by atoms with Gasteiger partial charge in [-0.2, -0.15) is 0 Å². The molecule has 1 fully saturated rings. The molecule has 18 heavy (non-hydrogen) atoms. The number of nitrogens with zero attached hydrogens (tertiary/aromatic N) is 3. The predicted molar refractivity (Wildman–Crippen MR) is 69.1 cm³/mol. The molecule has 1 aliphatic rings. The molecule has 0 radical (unpaired) electrons. The van der Waals surface area contributed by atoms with Gasteiger partial charge < -0.3 is 20.6 Å². The highest BCUT2D eigenvalue weighted by molar-refractivity contribution is 6.01. The Morgan fingerprint density at radius 2 is 2.39 bits per heavy atom. The number of rotatable bonds is 3. The third-order valence-corrected chi connectivity index (χ3v) is 3.19. The first-order chi connectivity index (χ1) is 8.63. The van der Waals surface area contributed by atoms with Gasteiger partial charge in [0.25, 0.3) is 0 Å².